The molecule has 3 aromatic carbocycles. The van der Waals surface area contributed by atoms with Crippen molar-refractivity contribution in [1.29, 1.82) is 0 Å². The lowest BCUT2D eigenvalue weighted by molar-refractivity contribution is -0.197. The molecule has 0 unspecified atom stereocenters. The van der Waals surface area contributed by atoms with Gasteiger partial charge in [-0.15, -0.1) is 5.06 Å². The van der Waals surface area contributed by atoms with Crippen LogP contribution in [-0.2, 0) is 115 Å². The van der Waals surface area contributed by atoms with Gasteiger partial charge in [0.05, 0.1) is 82.7 Å². The number of alkyl carbamates (subject to hydrolysis) is 1. The third kappa shape index (κ3) is 27.8. The second-order valence-electron chi connectivity index (χ2n) is 26.7. The van der Waals surface area contributed by atoms with Gasteiger partial charge >= 0.3 is 24.0 Å². The van der Waals surface area contributed by atoms with Crippen LogP contribution in [0.1, 0.15) is 129 Å². The zero-order valence-corrected chi connectivity index (χ0v) is 61.4. The highest BCUT2D eigenvalue weighted by atomic mass is 35.5. The average Bonchev–Trinajstić information content (AvgIpc) is 1.63. The quantitative estimate of drug-likeness (QED) is 0.0138. The Morgan fingerprint density at radius 1 is 0.740 bits per heavy atom. The molecule has 3 aromatic rings. The van der Waals surface area contributed by atoms with Gasteiger partial charge < -0.3 is 84.3 Å². The topological polar surface area (TPSA) is 379 Å². The van der Waals surface area contributed by atoms with Crippen LogP contribution in [0, 0.1) is 23.2 Å². The van der Waals surface area contributed by atoms with Gasteiger partial charge in [0, 0.05) is 77.0 Å². The summed E-state index contributed by atoms with van der Waals surface area (Å²) in [6.07, 6.45) is -1.53. The van der Waals surface area contributed by atoms with Crippen molar-refractivity contribution in [2.75, 3.05) is 85.4 Å². The van der Waals surface area contributed by atoms with Gasteiger partial charge in [0.25, 0.3) is 11.8 Å². The lowest BCUT2D eigenvalue weighted by Crippen LogP contribution is -2.54. The fourth-order valence-electron chi connectivity index (χ4n) is 10.7. The Kier molecular flexibility index (Phi) is 33.9. The number of anilines is 1. The Morgan fingerprint density at radius 2 is 1.38 bits per heavy atom. The fourth-order valence-corrected chi connectivity index (χ4v) is 11.0. The molecule has 3 aliphatic heterocycles. The molecule has 8 atom stereocenters. The standard InChI is InChI=1S/C73H99ClN8O22/c1-44(2)38-57-70(92)101-55(12-11-13-58(83)79-54(40-50-18-23-56(96-10)53(74)39-50)68(90)76-43-73(7,8)71(93)102-57)46(5)65-66(103-65)51-19-14-48(15-20-51)41-75-72(94)100-42-49-16-21-52(22-17-49)78-67(89)47(6)77-69(91)64(45(3)4)80-59(84)26-29-81(30-27-63(88)104-82-61(86)24-25-62(82)87)60(85)28-31-97-34-35-99-37-36-98-33-32-95-9/h11,13-23,39,44-47,54-55,57,64-66H,12,24-38,40-43H2,1-10H3,(H,75,94)(H,76,90)(H,77,91)(H,78,89)(H,79,83)(H,80,84)/b13-11+/t46-,47-,54+,55-,57-,64-,65+,66+/m0/s1. The van der Waals surface area contributed by atoms with Crippen LogP contribution in [0.25, 0.3) is 0 Å². The van der Waals surface area contributed by atoms with E-state index in [-0.39, 0.29) is 103 Å². The van der Waals surface area contributed by atoms with E-state index in [4.69, 9.17) is 59.1 Å². The summed E-state index contributed by atoms with van der Waals surface area (Å²) in [6, 6.07) is 15.6. The van der Waals surface area contributed by atoms with Crippen LogP contribution >= 0.6 is 11.6 Å². The number of carbonyl (C=O) groups excluding carboxylic acids is 12. The van der Waals surface area contributed by atoms with E-state index >= 15 is 0 Å². The lowest BCUT2D eigenvalue weighted by atomic mass is 9.92. The van der Waals surface area contributed by atoms with E-state index in [1.807, 2.05) is 45.0 Å². The van der Waals surface area contributed by atoms with Crippen molar-refractivity contribution >= 4 is 88.5 Å². The van der Waals surface area contributed by atoms with Gasteiger partial charge in [-0.25, -0.2) is 14.4 Å². The highest BCUT2D eigenvalue weighted by Gasteiger charge is 2.48. The second kappa shape index (κ2) is 42.0. The number of cyclic esters (lactones) is 2. The minimum absolute atomic E-state index is 0.00774. The zero-order chi connectivity index (χ0) is 76.0. The van der Waals surface area contributed by atoms with Gasteiger partial charge in [-0.1, -0.05) is 94.8 Å². The number of benzene rings is 3. The largest absolute Gasteiger partial charge is 0.495 e. The van der Waals surface area contributed by atoms with Crippen LogP contribution in [0.3, 0.4) is 0 Å². The van der Waals surface area contributed by atoms with Gasteiger partial charge in [-0.3, -0.25) is 43.2 Å². The first-order valence-electron chi connectivity index (χ1n) is 34.8. The lowest BCUT2D eigenvalue weighted by Gasteiger charge is -2.29. The predicted molar refractivity (Wildman–Crippen MR) is 375 cm³/mol. The van der Waals surface area contributed by atoms with Crippen LogP contribution < -0.4 is 36.6 Å². The average molecular weight is 1480 g/mol. The molecule has 0 aromatic heterocycles. The summed E-state index contributed by atoms with van der Waals surface area (Å²) in [5.41, 5.74) is 1.89. The van der Waals surface area contributed by atoms with E-state index in [2.05, 4.69) is 31.9 Å². The highest BCUT2D eigenvalue weighted by molar-refractivity contribution is 6.32. The molecular formula is C73H99ClN8O22. The van der Waals surface area contributed by atoms with Crippen molar-refractivity contribution in [3.63, 3.8) is 0 Å². The Balaban J connectivity index is 0.949. The van der Waals surface area contributed by atoms with Gasteiger partial charge in [-0.05, 0) is 91.6 Å². The normalized spacial score (nSPS) is 19.7. The van der Waals surface area contributed by atoms with Gasteiger partial charge in [-0.2, -0.15) is 0 Å². The van der Waals surface area contributed by atoms with Crippen molar-refractivity contribution in [3.8, 4) is 5.75 Å². The predicted octanol–water partition coefficient (Wildman–Crippen LogP) is 5.44. The summed E-state index contributed by atoms with van der Waals surface area (Å²) in [4.78, 5) is 164. The Labute approximate surface area is 610 Å². The summed E-state index contributed by atoms with van der Waals surface area (Å²) >= 11 is 6.39. The third-order valence-electron chi connectivity index (χ3n) is 17.0. The molecule has 3 aliphatic rings. The van der Waals surface area contributed by atoms with E-state index in [1.54, 1.807) is 83.3 Å². The number of hydrogen-bond acceptors (Lipinski definition) is 22. The zero-order valence-electron chi connectivity index (χ0n) is 60.7. The fraction of sp³-hybridized carbons (Fsp3) is 0.562. The molecule has 6 rings (SSSR count). The SMILES string of the molecule is COCCOCCOCCOCCC(=O)N(CCC(=O)N[C@H](C(=O)N[C@@H](C)C(=O)Nc1ccc(COC(=O)NCc2ccc([C@H]3O[C@@H]3[C@@H](C)[C@@H]3C/C=C/C(=O)N[C@H](Cc4ccc(OC)c(Cl)c4)C(=O)NCC(C)(C)C(=O)O[C@@H](CC(C)C)C(=O)O3)cc2)cc1)C(C)C)CCC(=O)ON1C(=O)CCC1=O. The first kappa shape index (κ1) is 83.9. The number of epoxide rings is 1. The number of imide groups is 1. The molecule has 31 heteroatoms. The maximum Gasteiger partial charge on any atom is 0.407 e. The van der Waals surface area contributed by atoms with E-state index in [0.717, 1.165) is 11.1 Å². The molecular weight excluding hydrogens is 1380 g/mol. The van der Waals surface area contributed by atoms with Crippen LogP contribution in [0.4, 0.5) is 10.5 Å². The molecule has 6 N–H and O–H groups in total. The molecule has 0 aliphatic carbocycles. The molecule has 570 valence electrons. The number of rotatable bonds is 37. The Hall–Kier alpha value is -9.07. The van der Waals surface area contributed by atoms with Gasteiger partial charge in [0.1, 0.15) is 42.7 Å². The smallest absolute Gasteiger partial charge is 0.407 e. The summed E-state index contributed by atoms with van der Waals surface area (Å²) in [7, 11) is 3.05. The van der Waals surface area contributed by atoms with Crippen molar-refractivity contribution in [3.05, 3.63) is 106 Å². The minimum atomic E-state index is -1.29. The molecule has 30 nitrogen and oxygen atoms in total. The number of amides is 9. The van der Waals surface area contributed by atoms with E-state index < -0.39 is 137 Å². The Bertz CT molecular complexity index is 3450. The minimum Gasteiger partial charge on any atom is -0.495 e. The molecule has 0 spiro atoms. The number of nitrogens with one attached hydrogen (secondary N) is 6. The number of halogens is 1. The molecule has 0 saturated carbocycles. The van der Waals surface area contributed by atoms with Gasteiger partial charge in [0.15, 0.2) is 6.10 Å². The first-order chi connectivity index (χ1) is 49.5. The van der Waals surface area contributed by atoms with E-state index in [9.17, 15) is 57.5 Å². The van der Waals surface area contributed by atoms with E-state index in [1.165, 1.54) is 25.0 Å². The number of methoxy groups -OCH3 is 2. The Morgan fingerprint density at radius 3 is 2.01 bits per heavy atom. The van der Waals surface area contributed by atoms with E-state index in [0.29, 0.717) is 59.1 Å². The molecule has 3 heterocycles. The maximum absolute atomic E-state index is 14.0. The molecule has 2 saturated heterocycles. The summed E-state index contributed by atoms with van der Waals surface area (Å²) in [6.45, 7) is 15.1. The highest BCUT2D eigenvalue weighted by Crippen LogP contribution is 2.45. The number of hydrogen-bond donors (Lipinski definition) is 6. The molecule has 2 fully saturated rings. The van der Waals surface area contributed by atoms with Crippen LogP contribution in [-0.4, -0.2) is 198 Å². The van der Waals surface area contributed by atoms with Crippen LogP contribution in [0.5, 0.6) is 5.75 Å². The second-order valence-corrected chi connectivity index (χ2v) is 27.1. The summed E-state index contributed by atoms with van der Waals surface area (Å²) < 4.78 is 50.2. The maximum atomic E-state index is 14.0. The number of esters is 2. The monoisotopic (exact) mass is 1470 g/mol. The third-order valence-corrected chi connectivity index (χ3v) is 17.3. The van der Waals surface area contributed by atoms with Crippen molar-refractivity contribution in [2.24, 2.45) is 23.2 Å². The first-order valence-corrected chi connectivity index (χ1v) is 35.1. The molecule has 104 heavy (non-hydrogen) atoms. The van der Waals surface area contributed by atoms with Crippen LogP contribution in [0.15, 0.2) is 78.9 Å². The van der Waals surface area contributed by atoms with Crippen molar-refractivity contribution in [2.45, 2.75) is 162 Å². The van der Waals surface area contributed by atoms with Crippen molar-refractivity contribution < 1.29 is 105 Å². The molecule has 0 radical (unpaired) electrons. The number of hydroxylamine groups is 2. The van der Waals surface area contributed by atoms with Crippen LogP contribution in [0.2, 0.25) is 5.02 Å². The van der Waals surface area contributed by atoms with Gasteiger partial charge in [0.2, 0.25) is 35.4 Å². The molecule has 9 amide bonds. The summed E-state index contributed by atoms with van der Waals surface area (Å²) in [5.74, 6) is -7.74. The number of carbonyl (C=O) groups is 12. The number of ether oxygens (including phenoxy) is 9. The van der Waals surface area contributed by atoms with Crippen molar-refractivity contribution in [1.82, 2.24) is 36.5 Å². The summed E-state index contributed by atoms with van der Waals surface area (Å²) in [5, 5.41) is 17.0. The molecule has 0 bridgehead atoms. The number of nitrogens with zero attached hydrogens (tertiary/aromatic N) is 2.